The molecule has 2 amide bonds. The van der Waals surface area contributed by atoms with E-state index in [9.17, 15) is 18.8 Å². The molecule has 30 heavy (non-hydrogen) atoms. The van der Waals surface area contributed by atoms with Gasteiger partial charge < -0.3 is 0 Å². The van der Waals surface area contributed by atoms with Crippen molar-refractivity contribution in [2.24, 2.45) is 0 Å². The summed E-state index contributed by atoms with van der Waals surface area (Å²) in [7, 11) is 0. The lowest BCUT2D eigenvalue weighted by Crippen LogP contribution is -2.42. The van der Waals surface area contributed by atoms with E-state index in [0.29, 0.717) is 28.2 Å². The fraction of sp³-hybridized carbons (Fsp3) is 0.143. The van der Waals surface area contributed by atoms with E-state index in [0.717, 1.165) is 6.08 Å². The third-order valence-corrected chi connectivity index (χ3v) is 4.68. The van der Waals surface area contributed by atoms with Crippen molar-refractivity contribution >= 4 is 44.6 Å². The van der Waals surface area contributed by atoms with E-state index in [2.05, 4.69) is 31.9 Å². The number of hydrazine groups is 1. The first kappa shape index (κ1) is 21.4. The van der Waals surface area contributed by atoms with Gasteiger partial charge in [0.2, 0.25) is 0 Å². The standard InChI is InChI=1S/C21H18BrFN4O3/c1-2-11-27-21(30)16-6-4-3-5-15(16)19(26-27)20(29)25-24-18(28)10-7-13-12-14(22)8-9-17(13)23/h3-10,12H,2,11H2,1H3,(H,24,28)(H,25,29)/b10-7+. The molecule has 0 fully saturated rings. The van der Waals surface area contributed by atoms with Crippen LogP contribution in [0, 0.1) is 5.82 Å². The van der Waals surface area contributed by atoms with Crippen molar-refractivity contribution in [3.05, 3.63) is 80.4 Å². The van der Waals surface area contributed by atoms with Crippen LogP contribution in [0.3, 0.4) is 0 Å². The molecule has 0 aliphatic carbocycles. The Morgan fingerprint density at radius 2 is 1.90 bits per heavy atom. The van der Waals surface area contributed by atoms with Crippen molar-refractivity contribution in [3.63, 3.8) is 0 Å². The Morgan fingerprint density at radius 3 is 2.63 bits per heavy atom. The second-order valence-electron chi connectivity index (χ2n) is 6.37. The molecular formula is C21H18BrFN4O3. The average Bonchev–Trinajstić information content (AvgIpc) is 2.74. The van der Waals surface area contributed by atoms with Crippen molar-refractivity contribution in [2.75, 3.05) is 0 Å². The fourth-order valence-corrected chi connectivity index (χ4v) is 3.17. The minimum absolute atomic E-state index is 0.0148. The zero-order chi connectivity index (χ0) is 21.7. The van der Waals surface area contributed by atoms with Gasteiger partial charge in [-0.05, 0) is 36.8 Å². The third-order valence-electron chi connectivity index (χ3n) is 4.19. The van der Waals surface area contributed by atoms with Crippen molar-refractivity contribution < 1.29 is 14.0 Å². The van der Waals surface area contributed by atoms with Gasteiger partial charge in [0.1, 0.15) is 5.82 Å². The lowest BCUT2D eigenvalue weighted by atomic mass is 10.1. The van der Waals surface area contributed by atoms with Gasteiger partial charge in [0.15, 0.2) is 5.69 Å². The SMILES string of the molecule is CCCn1nc(C(=O)NNC(=O)/C=C/c2cc(Br)ccc2F)c2ccccc2c1=O. The van der Waals surface area contributed by atoms with E-state index < -0.39 is 17.6 Å². The molecule has 1 heterocycles. The van der Waals surface area contributed by atoms with Gasteiger partial charge in [-0.2, -0.15) is 5.10 Å². The van der Waals surface area contributed by atoms with E-state index >= 15 is 0 Å². The zero-order valence-electron chi connectivity index (χ0n) is 16.0. The molecule has 0 saturated carbocycles. The molecule has 0 spiro atoms. The molecular weight excluding hydrogens is 455 g/mol. The van der Waals surface area contributed by atoms with Crippen molar-refractivity contribution in [1.82, 2.24) is 20.6 Å². The molecule has 3 aromatic rings. The molecule has 0 unspecified atom stereocenters. The monoisotopic (exact) mass is 472 g/mol. The quantitative estimate of drug-likeness (QED) is 0.440. The van der Waals surface area contributed by atoms with Crippen LogP contribution in [-0.4, -0.2) is 21.6 Å². The highest BCUT2D eigenvalue weighted by molar-refractivity contribution is 9.10. The third kappa shape index (κ3) is 4.80. The molecule has 154 valence electrons. The van der Waals surface area contributed by atoms with Gasteiger partial charge in [-0.15, -0.1) is 0 Å². The first-order valence-corrected chi connectivity index (χ1v) is 9.93. The van der Waals surface area contributed by atoms with Crippen LogP contribution in [0.4, 0.5) is 4.39 Å². The zero-order valence-corrected chi connectivity index (χ0v) is 17.6. The second kappa shape index (κ2) is 9.45. The van der Waals surface area contributed by atoms with Gasteiger partial charge >= 0.3 is 0 Å². The summed E-state index contributed by atoms with van der Waals surface area (Å²) in [6, 6.07) is 11.0. The van der Waals surface area contributed by atoms with Crippen LogP contribution >= 0.6 is 15.9 Å². The van der Waals surface area contributed by atoms with E-state index in [-0.39, 0.29) is 16.8 Å². The van der Waals surface area contributed by atoms with Gasteiger partial charge in [0.25, 0.3) is 17.4 Å². The maximum atomic E-state index is 13.7. The Morgan fingerprint density at radius 1 is 1.17 bits per heavy atom. The van der Waals surface area contributed by atoms with Crippen molar-refractivity contribution in [3.8, 4) is 0 Å². The number of hydrogen-bond donors (Lipinski definition) is 2. The highest BCUT2D eigenvalue weighted by Crippen LogP contribution is 2.16. The van der Waals surface area contributed by atoms with Gasteiger partial charge in [-0.25, -0.2) is 9.07 Å². The van der Waals surface area contributed by atoms with Crippen LogP contribution in [-0.2, 0) is 11.3 Å². The molecule has 0 aliphatic rings. The number of carbonyl (C=O) groups excluding carboxylic acids is 2. The summed E-state index contributed by atoms with van der Waals surface area (Å²) < 4.78 is 15.6. The number of nitrogens with zero attached hydrogens (tertiary/aromatic N) is 2. The number of halogens is 2. The molecule has 0 bridgehead atoms. The van der Waals surface area contributed by atoms with Gasteiger partial charge in [0, 0.05) is 28.0 Å². The minimum Gasteiger partial charge on any atom is -0.268 e. The topological polar surface area (TPSA) is 93.1 Å². The molecule has 0 atom stereocenters. The van der Waals surface area contributed by atoms with Gasteiger partial charge in [-0.1, -0.05) is 41.1 Å². The van der Waals surface area contributed by atoms with Crippen molar-refractivity contribution in [2.45, 2.75) is 19.9 Å². The first-order valence-electron chi connectivity index (χ1n) is 9.14. The first-order chi connectivity index (χ1) is 14.4. The van der Waals surface area contributed by atoms with Crippen LogP contribution in [0.5, 0.6) is 0 Å². The fourth-order valence-electron chi connectivity index (χ4n) is 2.79. The maximum Gasteiger partial charge on any atom is 0.290 e. The summed E-state index contributed by atoms with van der Waals surface area (Å²) in [6.45, 7) is 2.25. The van der Waals surface area contributed by atoms with Crippen LogP contribution in [0.1, 0.15) is 29.4 Å². The lowest BCUT2D eigenvalue weighted by Gasteiger charge is -2.10. The number of benzene rings is 2. The number of nitrogens with one attached hydrogen (secondary N) is 2. The number of carbonyl (C=O) groups is 2. The predicted molar refractivity (Wildman–Crippen MR) is 115 cm³/mol. The number of amides is 2. The normalized spacial score (nSPS) is 11.0. The van der Waals surface area contributed by atoms with Gasteiger partial charge in [0.05, 0.1) is 5.39 Å². The van der Waals surface area contributed by atoms with Crippen LogP contribution in [0.25, 0.3) is 16.8 Å². The number of hydrogen-bond acceptors (Lipinski definition) is 4. The number of fused-ring (bicyclic) bond motifs is 1. The minimum atomic E-state index is -0.675. The summed E-state index contributed by atoms with van der Waals surface area (Å²) in [5, 5.41) is 4.90. The molecule has 9 heteroatoms. The van der Waals surface area contributed by atoms with Crippen LogP contribution in [0.2, 0.25) is 0 Å². The lowest BCUT2D eigenvalue weighted by molar-refractivity contribution is -0.117. The summed E-state index contributed by atoms with van der Waals surface area (Å²) >= 11 is 3.23. The Labute approximate surface area is 179 Å². The Balaban J connectivity index is 1.77. The largest absolute Gasteiger partial charge is 0.290 e. The molecule has 1 aromatic heterocycles. The number of rotatable bonds is 5. The van der Waals surface area contributed by atoms with Gasteiger partial charge in [-0.3, -0.25) is 25.2 Å². The second-order valence-corrected chi connectivity index (χ2v) is 7.28. The highest BCUT2D eigenvalue weighted by atomic mass is 79.9. The average molecular weight is 473 g/mol. The van der Waals surface area contributed by atoms with E-state index in [4.69, 9.17) is 0 Å². The van der Waals surface area contributed by atoms with Crippen LogP contribution in [0.15, 0.2) is 57.8 Å². The molecule has 2 N–H and O–H groups in total. The molecule has 0 saturated heterocycles. The maximum absolute atomic E-state index is 13.7. The van der Waals surface area contributed by atoms with E-state index in [1.54, 1.807) is 30.3 Å². The predicted octanol–water partition coefficient (Wildman–Crippen LogP) is 3.18. The molecule has 0 aliphatic heterocycles. The van der Waals surface area contributed by atoms with E-state index in [1.807, 2.05) is 6.92 Å². The Bertz CT molecular complexity index is 1210. The Kier molecular flexibility index (Phi) is 6.73. The summed E-state index contributed by atoms with van der Waals surface area (Å²) in [6.07, 6.45) is 3.05. The van der Waals surface area contributed by atoms with E-state index in [1.165, 1.54) is 22.9 Å². The smallest absolute Gasteiger partial charge is 0.268 e. The molecule has 2 aromatic carbocycles. The summed E-state index contributed by atoms with van der Waals surface area (Å²) in [5.74, 6) is -1.82. The number of aromatic nitrogens is 2. The Hall–Kier alpha value is -3.33. The summed E-state index contributed by atoms with van der Waals surface area (Å²) in [4.78, 5) is 37.1. The summed E-state index contributed by atoms with van der Waals surface area (Å²) in [5.41, 5.74) is 4.44. The highest BCUT2D eigenvalue weighted by Gasteiger charge is 2.16. The molecule has 3 rings (SSSR count). The number of aryl methyl sites for hydroxylation is 1. The van der Waals surface area contributed by atoms with Crippen LogP contribution < -0.4 is 16.4 Å². The molecule has 0 radical (unpaired) electrons. The molecule has 7 nitrogen and oxygen atoms in total. The van der Waals surface area contributed by atoms with Crippen molar-refractivity contribution in [1.29, 1.82) is 0 Å².